The summed E-state index contributed by atoms with van der Waals surface area (Å²) in [6, 6.07) is 8.00. The molecule has 3 rings (SSSR count). The first-order chi connectivity index (χ1) is 11.7. The number of hydrogen-bond donors (Lipinski definition) is 2. The third-order valence-corrected chi connectivity index (χ3v) is 4.44. The Bertz CT molecular complexity index is 586. The summed E-state index contributed by atoms with van der Waals surface area (Å²) in [5.41, 5.74) is 1.19. The number of nitrogens with one attached hydrogen (secondary N) is 2. The van der Waals surface area contributed by atoms with Gasteiger partial charge < -0.3 is 25.3 Å². The van der Waals surface area contributed by atoms with Crippen LogP contribution in [0.5, 0.6) is 5.75 Å². The Morgan fingerprint density at radius 1 is 1.38 bits per heavy atom. The number of rotatable bonds is 8. The number of carboxylic acid groups (broad SMARTS) is 1. The van der Waals surface area contributed by atoms with Gasteiger partial charge in [0.1, 0.15) is 5.75 Å². The van der Waals surface area contributed by atoms with E-state index >= 15 is 0 Å². The summed E-state index contributed by atoms with van der Waals surface area (Å²) in [4.78, 5) is 15.0. The fourth-order valence-electron chi connectivity index (χ4n) is 3.03. The van der Waals surface area contributed by atoms with E-state index in [9.17, 15) is 9.90 Å². The summed E-state index contributed by atoms with van der Waals surface area (Å²) in [7, 11) is 0. The van der Waals surface area contributed by atoms with Crippen molar-refractivity contribution in [1.82, 2.24) is 10.6 Å². The minimum Gasteiger partial charge on any atom is -0.550 e. The van der Waals surface area contributed by atoms with Crippen LogP contribution in [0.1, 0.15) is 37.2 Å². The normalized spacial score (nSPS) is 22.2. The van der Waals surface area contributed by atoms with E-state index in [-0.39, 0.29) is 12.3 Å². The molecule has 0 amide bonds. The lowest BCUT2D eigenvalue weighted by Gasteiger charge is -2.16. The number of guanidine groups is 1. The number of ether oxygens (including phenoxy) is 1. The topological polar surface area (TPSA) is 85.8 Å². The highest BCUT2D eigenvalue weighted by Crippen LogP contribution is 2.49. The van der Waals surface area contributed by atoms with Gasteiger partial charge in [-0.2, -0.15) is 0 Å². The molecular formula is C18H24N3O3-. The van der Waals surface area contributed by atoms with Crippen molar-refractivity contribution < 1.29 is 14.6 Å². The molecule has 2 atom stereocenters. The highest BCUT2D eigenvalue weighted by Gasteiger charge is 2.37. The first-order valence-corrected chi connectivity index (χ1v) is 8.67. The molecule has 1 heterocycles. The molecule has 1 aromatic carbocycles. The first kappa shape index (κ1) is 16.6. The van der Waals surface area contributed by atoms with E-state index in [1.807, 2.05) is 24.3 Å². The zero-order chi connectivity index (χ0) is 16.8. The van der Waals surface area contributed by atoms with Crippen LogP contribution >= 0.6 is 0 Å². The fraction of sp³-hybridized carbons (Fsp3) is 0.556. The molecule has 1 saturated carbocycles. The van der Waals surface area contributed by atoms with E-state index in [2.05, 4.69) is 15.6 Å². The van der Waals surface area contributed by atoms with E-state index in [1.165, 1.54) is 5.56 Å². The van der Waals surface area contributed by atoms with Crippen LogP contribution in [0, 0.1) is 5.92 Å². The van der Waals surface area contributed by atoms with Crippen molar-refractivity contribution in [2.45, 2.75) is 31.6 Å². The van der Waals surface area contributed by atoms with Gasteiger partial charge in [-0.05, 0) is 55.2 Å². The van der Waals surface area contributed by atoms with Gasteiger partial charge in [0, 0.05) is 25.6 Å². The first-order valence-electron chi connectivity index (χ1n) is 8.67. The number of aliphatic carboxylic acids is 1. The molecule has 0 aromatic heterocycles. The molecule has 0 spiro atoms. The number of aliphatic imine (C=N–C) groups is 1. The van der Waals surface area contributed by atoms with Gasteiger partial charge in [0.15, 0.2) is 5.96 Å². The van der Waals surface area contributed by atoms with Crippen LogP contribution in [0.25, 0.3) is 0 Å². The van der Waals surface area contributed by atoms with Gasteiger partial charge in [0.25, 0.3) is 0 Å². The molecule has 0 bridgehead atoms. The molecule has 2 N–H and O–H groups in total. The molecule has 0 saturated heterocycles. The minimum atomic E-state index is -0.953. The van der Waals surface area contributed by atoms with Gasteiger partial charge in [-0.25, -0.2) is 0 Å². The van der Waals surface area contributed by atoms with Gasteiger partial charge >= 0.3 is 0 Å². The molecule has 2 unspecified atom stereocenters. The second kappa shape index (κ2) is 8.04. The fourth-order valence-corrected chi connectivity index (χ4v) is 3.03. The molecule has 130 valence electrons. The molecule has 1 aliphatic heterocycles. The summed E-state index contributed by atoms with van der Waals surface area (Å²) in [5, 5.41) is 17.1. The Morgan fingerprint density at radius 2 is 2.21 bits per heavy atom. The lowest BCUT2D eigenvalue weighted by atomic mass is 10.1. The van der Waals surface area contributed by atoms with E-state index < -0.39 is 5.97 Å². The number of benzene rings is 1. The van der Waals surface area contributed by atoms with Gasteiger partial charge in [0.2, 0.25) is 0 Å². The van der Waals surface area contributed by atoms with Gasteiger partial charge in [-0.1, -0.05) is 12.1 Å². The molecule has 2 aliphatic rings. The second-order valence-corrected chi connectivity index (χ2v) is 6.39. The molecular weight excluding hydrogens is 306 g/mol. The van der Waals surface area contributed by atoms with Crippen LogP contribution in [-0.2, 0) is 4.79 Å². The monoisotopic (exact) mass is 330 g/mol. The maximum absolute atomic E-state index is 10.6. The molecule has 1 fully saturated rings. The lowest BCUT2D eigenvalue weighted by molar-refractivity contribution is -0.306. The van der Waals surface area contributed by atoms with Crippen molar-refractivity contribution in [1.29, 1.82) is 0 Å². The van der Waals surface area contributed by atoms with Crippen molar-refractivity contribution in [3.05, 3.63) is 29.8 Å². The second-order valence-electron chi connectivity index (χ2n) is 6.39. The molecule has 6 heteroatoms. The smallest absolute Gasteiger partial charge is 0.191 e. The highest BCUT2D eigenvalue weighted by molar-refractivity contribution is 5.80. The van der Waals surface area contributed by atoms with Crippen LogP contribution < -0.4 is 20.5 Å². The van der Waals surface area contributed by atoms with E-state index in [0.29, 0.717) is 12.5 Å². The third kappa shape index (κ3) is 4.88. The maximum atomic E-state index is 10.6. The van der Waals surface area contributed by atoms with E-state index in [0.717, 1.165) is 50.6 Å². The average molecular weight is 330 g/mol. The highest BCUT2D eigenvalue weighted by atomic mass is 16.5. The average Bonchev–Trinajstić information content (AvgIpc) is 3.34. The summed E-state index contributed by atoms with van der Waals surface area (Å²) in [6.45, 7) is 3.36. The Labute approximate surface area is 142 Å². The predicted octanol–water partition coefficient (Wildman–Crippen LogP) is 0.638. The quantitative estimate of drug-likeness (QED) is 0.683. The zero-order valence-electron chi connectivity index (χ0n) is 13.8. The van der Waals surface area contributed by atoms with Crippen LogP contribution in [-0.4, -0.2) is 38.2 Å². The summed E-state index contributed by atoms with van der Waals surface area (Å²) < 4.78 is 5.74. The lowest BCUT2D eigenvalue weighted by Crippen LogP contribution is -2.41. The van der Waals surface area contributed by atoms with E-state index in [1.54, 1.807) is 0 Å². The standard InChI is InChI=1S/C18H25N3O3/c22-17(23)12-14-11-16(14)13-3-5-15(6-4-13)24-10-2-9-21-18-19-7-1-8-20-18/h3-6,14,16H,1-2,7-12H2,(H,22,23)(H2,19,20,21)/p-1. The largest absolute Gasteiger partial charge is 0.550 e. The van der Waals surface area contributed by atoms with Crippen molar-refractivity contribution in [2.24, 2.45) is 10.9 Å². The van der Waals surface area contributed by atoms with Gasteiger partial charge in [0.05, 0.1) is 6.61 Å². The van der Waals surface area contributed by atoms with Gasteiger partial charge in [-0.15, -0.1) is 0 Å². The maximum Gasteiger partial charge on any atom is 0.191 e. The number of hydrogen-bond acceptors (Lipinski definition) is 6. The Kier molecular flexibility index (Phi) is 5.56. The van der Waals surface area contributed by atoms with Crippen LogP contribution in [0.15, 0.2) is 29.3 Å². The zero-order valence-corrected chi connectivity index (χ0v) is 13.8. The molecule has 1 aliphatic carbocycles. The van der Waals surface area contributed by atoms with Crippen molar-refractivity contribution >= 4 is 11.9 Å². The number of carboxylic acids is 1. The third-order valence-electron chi connectivity index (χ3n) is 4.44. The SMILES string of the molecule is O=C([O-])CC1CC1c1ccc(OCCCNC2=NCCCN2)cc1. The van der Waals surface area contributed by atoms with Crippen LogP contribution in [0.4, 0.5) is 0 Å². The van der Waals surface area contributed by atoms with Crippen LogP contribution in [0.2, 0.25) is 0 Å². The van der Waals surface area contributed by atoms with Crippen molar-refractivity contribution in [3.63, 3.8) is 0 Å². The van der Waals surface area contributed by atoms with Crippen molar-refractivity contribution in [2.75, 3.05) is 26.2 Å². The molecule has 1 aromatic rings. The molecule has 24 heavy (non-hydrogen) atoms. The Morgan fingerprint density at radius 3 is 2.92 bits per heavy atom. The number of carbonyl (C=O) groups is 1. The predicted molar refractivity (Wildman–Crippen MR) is 90.0 cm³/mol. The number of nitrogens with zero attached hydrogens (tertiary/aromatic N) is 1. The summed E-state index contributed by atoms with van der Waals surface area (Å²) in [6.07, 6.45) is 3.10. The Hall–Kier alpha value is -2.24. The minimum absolute atomic E-state index is 0.163. The Balaban J connectivity index is 1.33. The molecule has 0 radical (unpaired) electrons. The molecule has 6 nitrogen and oxygen atoms in total. The van der Waals surface area contributed by atoms with Crippen LogP contribution in [0.3, 0.4) is 0 Å². The van der Waals surface area contributed by atoms with Gasteiger partial charge in [-0.3, -0.25) is 4.99 Å². The van der Waals surface area contributed by atoms with E-state index in [4.69, 9.17) is 4.74 Å². The summed E-state index contributed by atoms with van der Waals surface area (Å²) in [5.74, 6) is 1.39. The van der Waals surface area contributed by atoms with Crippen molar-refractivity contribution in [3.8, 4) is 5.75 Å². The summed E-state index contributed by atoms with van der Waals surface area (Å²) >= 11 is 0. The number of carbonyl (C=O) groups excluding carboxylic acids is 1.